The molecule has 1 aromatic carbocycles. The average Bonchev–Trinajstić information content (AvgIpc) is 2.14. The smallest absolute Gasteiger partial charge is 0.337 e. The minimum atomic E-state index is -0.359. The molecule has 1 aromatic rings. The van der Waals surface area contributed by atoms with Crippen molar-refractivity contribution in [2.75, 3.05) is 12.8 Å². The Labute approximate surface area is 90.2 Å². The van der Waals surface area contributed by atoms with Gasteiger partial charge in [0.05, 0.1) is 12.7 Å². The second-order valence-corrected chi connectivity index (χ2v) is 4.54. The second kappa shape index (κ2) is 3.93. The van der Waals surface area contributed by atoms with Gasteiger partial charge in [-0.25, -0.2) is 4.79 Å². The summed E-state index contributed by atoms with van der Waals surface area (Å²) in [7, 11) is 1.36. The predicted molar refractivity (Wildman–Crippen MR) is 60.9 cm³/mol. The number of esters is 1. The van der Waals surface area contributed by atoms with Crippen LogP contribution in [0.1, 0.15) is 36.7 Å². The zero-order valence-electron chi connectivity index (χ0n) is 9.63. The molecule has 0 unspecified atom stereocenters. The summed E-state index contributed by atoms with van der Waals surface area (Å²) in [6.07, 6.45) is 0. The van der Waals surface area contributed by atoms with Crippen LogP contribution in [0.4, 0.5) is 5.69 Å². The first-order chi connectivity index (χ1) is 6.86. The van der Waals surface area contributed by atoms with E-state index >= 15 is 0 Å². The predicted octanol–water partition coefficient (Wildman–Crippen LogP) is 2.35. The summed E-state index contributed by atoms with van der Waals surface area (Å²) in [4.78, 5) is 11.2. The molecule has 0 aromatic heterocycles. The second-order valence-electron chi connectivity index (χ2n) is 4.54. The number of carbonyl (C=O) groups is 1. The van der Waals surface area contributed by atoms with E-state index in [0.29, 0.717) is 11.3 Å². The minimum absolute atomic E-state index is 0.0151. The molecule has 2 N–H and O–H groups in total. The number of benzene rings is 1. The van der Waals surface area contributed by atoms with Gasteiger partial charge in [-0.05, 0) is 23.1 Å². The van der Waals surface area contributed by atoms with E-state index in [4.69, 9.17) is 5.73 Å². The number of nitrogen functional groups attached to an aromatic ring is 1. The molecule has 0 saturated carbocycles. The van der Waals surface area contributed by atoms with Crippen LogP contribution in [0.25, 0.3) is 0 Å². The van der Waals surface area contributed by atoms with Crippen molar-refractivity contribution in [2.24, 2.45) is 0 Å². The Bertz CT molecular complexity index is 378. The van der Waals surface area contributed by atoms with Crippen LogP contribution >= 0.6 is 0 Å². The van der Waals surface area contributed by atoms with Crippen molar-refractivity contribution in [1.82, 2.24) is 0 Å². The first kappa shape index (κ1) is 11.6. The van der Waals surface area contributed by atoms with Gasteiger partial charge in [0.2, 0.25) is 0 Å². The van der Waals surface area contributed by atoms with Crippen LogP contribution in [0.5, 0.6) is 0 Å². The molecule has 0 fully saturated rings. The Morgan fingerprint density at radius 3 is 2.33 bits per heavy atom. The third-order valence-corrected chi connectivity index (χ3v) is 2.28. The van der Waals surface area contributed by atoms with Crippen LogP contribution in [0, 0.1) is 0 Å². The highest BCUT2D eigenvalue weighted by Gasteiger charge is 2.18. The van der Waals surface area contributed by atoms with E-state index in [-0.39, 0.29) is 11.4 Å². The van der Waals surface area contributed by atoms with Crippen molar-refractivity contribution in [3.63, 3.8) is 0 Å². The lowest BCUT2D eigenvalue weighted by Crippen LogP contribution is -2.14. The molecule has 82 valence electrons. The summed E-state index contributed by atoms with van der Waals surface area (Å²) in [6.45, 7) is 6.24. The Hall–Kier alpha value is -1.51. The molecule has 1 rings (SSSR count). The molecule has 0 aliphatic carbocycles. The van der Waals surface area contributed by atoms with Crippen LogP contribution in [0.15, 0.2) is 18.2 Å². The van der Waals surface area contributed by atoms with Crippen molar-refractivity contribution in [3.8, 4) is 0 Å². The van der Waals surface area contributed by atoms with Crippen molar-refractivity contribution in [1.29, 1.82) is 0 Å². The van der Waals surface area contributed by atoms with E-state index in [1.807, 2.05) is 6.07 Å². The average molecular weight is 207 g/mol. The van der Waals surface area contributed by atoms with Gasteiger partial charge in [-0.3, -0.25) is 0 Å². The van der Waals surface area contributed by atoms with E-state index in [0.717, 1.165) is 5.56 Å². The summed E-state index contributed by atoms with van der Waals surface area (Å²) >= 11 is 0. The molecule has 0 saturated heterocycles. The minimum Gasteiger partial charge on any atom is -0.465 e. The number of anilines is 1. The summed E-state index contributed by atoms with van der Waals surface area (Å²) in [6, 6.07) is 5.27. The SMILES string of the molecule is COC(=O)c1ccc(C(C)(C)C)c(N)c1. The molecule has 0 radical (unpaired) electrons. The molecular formula is C12H17NO2. The van der Waals surface area contributed by atoms with Crippen LogP contribution < -0.4 is 5.73 Å². The summed E-state index contributed by atoms with van der Waals surface area (Å²) < 4.78 is 4.62. The fourth-order valence-corrected chi connectivity index (χ4v) is 1.49. The van der Waals surface area contributed by atoms with E-state index in [2.05, 4.69) is 25.5 Å². The van der Waals surface area contributed by atoms with Gasteiger partial charge in [0.15, 0.2) is 0 Å². The molecule has 3 nitrogen and oxygen atoms in total. The number of methoxy groups -OCH3 is 1. The van der Waals surface area contributed by atoms with Crippen molar-refractivity contribution < 1.29 is 9.53 Å². The summed E-state index contributed by atoms with van der Waals surface area (Å²) in [5, 5.41) is 0. The first-order valence-electron chi connectivity index (χ1n) is 4.84. The van der Waals surface area contributed by atoms with Crippen molar-refractivity contribution in [3.05, 3.63) is 29.3 Å². The van der Waals surface area contributed by atoms with Crippen LogP contribution in [0.2, 0.25) is 0 Å². The highest BCUT2D eigenvalue weighted by atomic mass is 16.5. The molecule has 0 heterocycles. The highest BCUT2D eigenvalue weighted by Crippen LogP contribution is 2.28. The van der Waals surface area contributed by atoms with Crippen molar-refractivity contribution in [2.45, 2.75) is 26.2 Å². The van der Waals surface area contributed by atoms with Crippen LogP contribution in [0.3, 0.4) is 0 Å². The first-order valence-corrected chi connectivity index (χ1v) is 4.84. The lowest BCUT2D eigenvalue weighted by atomic mass is 9.85. The quantitative estimate of drug-likeness (QED) is 0.568. The lowest BCUT2D eigenvalue weighted by Gasteiger charge is -2.21. The third-order valence-electron chi connectivity index (χ3n) is 2.28. The van der Waals surface area contributed by atoms with Gasteiger partial charge in [0.1, 0.15) is 0 Å². The van der Waals surface area contributed by atoms with E-state index in [1.54, 1.807) is 12.1 Å². The number of nitrogens with two attached hydrogens (primary N) is 1. The molecule has 3 heteroatoms. The Morgan fingerprint density at radius 2 is 1.93 bits per heavy atom. The lowest BCUT2D eigenvalue weighted by molar-refractivity contribution is 0.0600. The topological polar surface area (TPSA) is 52.3 Å². The summed E-state index contributed by atoms with van der Waals surface area (Å²) in [5.74, 6) is -0.359. The Balaban J connectivity index is 3.15. The normalized spacial score (nSPS) is 11.2. The van der Waals surface area contributed by atoms with Gasteiger partial charge in [-0.15, -0.1) is 0 Å². The fourth-order valence-electron chi connectivity index (χ4n) is 1.49. The molecule has 0 bridgehead atoms. The third kappa shape index (κ3) is 2.49. The van der Waals surface area contributed by atoms with Gasteiger partial charge < -0.3 is 10.5 Å². The zero-order valence-corrected chi connectivity index (χ0v) is 9.63. The van der Waals surface area contributed by atoms with E-state index in [9.17, 15) is 4.79 Å². The fraction of sp³-hybridized carbons (Fsp3) is 0.417. The Kier molecular flexibility index (Phi) is 3.03. The summed E-state index contributed by atoms with van der Waals surface area (Å²) in [5.41, 5.74) is 8.03. The molecule has 0 spiro atoms. The molecule has 0 atom stereocenters. The largest absolute Gasteiger partial charge is 0.465 e. The highest BCUT2D eigenvalue weighted by molar-refractivity contribution is 5.90. The molecule has 0 aliphatic rings. The van der Waals surface area contributed by atoms with Gasteiger partial charge in [-0.1, -0.05) is 26.8 Å². The molecule has 0 aliphatic heterocycles. The van der Waals surface area contributed by atoms with Gasteiger partial charge in [-0.2, -0.15) is 0 Å². The maximum Gasteiger partial charge on any atom is 0.337 e. The number of carbonyl (C=O) groups excluding carboxylic acids is 1. The maximum absolute atomic E-state index is 11.2. The number of hydrogen-bond donors (Lipinski definition) is 1. The molecule has 0 amide bonds. The van der Waals surface area contributed by atoms with E-state index in [1.165, 1.54) is 7.11 Å². The van der Waals surface area contributed by atoms with Crippen molar-refractivity contribution >= 4 is 11.7 Å². The molecule has 15 heavy (non-hydrogen) atoms. The maximum atomic E-state index is 11.2. The standard InChI is InChI=1S/C12H17NO2/c1-12(2,3)9-6-5-8(7-10(9)13)11(14)15-4/h5-7H,13H2,1-4H3. The number of rotatable bonds is 1. The number of ether oxygens (including phenoxy) is 1. The monoisotopic (exact) mass is 207 g/mol. The zero-order chi connectivity index (χ0) is 11.6. The van der Waals surface area contributed by atoms with Gasteiger partial charge >= 0.3 is 5.97 Å². The number of hydrogen-bond acceptors (Lipinski definition) is 3. The van der Waals surface area contributed by atoms with Gasteiger partial charge in [0, 0.05) is 5.69 Å². The molecular weight excluding hydrogens is 190 g/mol. The van der Waals surface area contributed by atoms with Gasteiger partial charge in [0.25, 0.3) is 0 Å². The van der Waals surface area contributed by atoms with Crippen LogP contribution in [-0.4, -0.2) is 13.1 Å². The van der Waals surface area contributed by atoms with E-state index < -0.39 is 0 Å². The Morgan fingerprint density at radius 1 is 1.33 bits per heavy atom. The van der Waals surface area contributed by atoms with Crippen LogP contribution in [-0.2, 0) is 10.2 Å².